The molecule has 1 N–H and O–H groups in total. The van der Waals surface area contributed by atoms with E-state index in [0.717, 1.165) is 17.9 Å². The summed E-state index contributed by atoms with van der Waals surface area (Å²) in [5.74, 6) is 1.87. The Morgan fingerprint density at radius 3 is 2.69 bits per heavy atom. The maximum absolute atomic E-state index is 3.46. The lowest BCUT2D eigenvalue weighted by molar-refractivity contribution is 0.144. The first-order valence-electron chi connectivity index (χ1n) is 5.68. The molecule has 1 saturated carbocycles. The fourth-order valence-electron chi connectivity index (χ4n) is 2.50. The Kier molecular flexibility index (Phi) is 2.89. The molecule has 2 nitrogen and oxygen atoms in total. The van der Waals surface area contributed by atoms with E-state index >= 15 is 0 Å². The molecule has 0 aromatic heterocycles. The first-order chi connectivity index (χ1) is 6.27. The molecule has 2 rings (SSSR count). The highest BCUT2D eigenvalue weighted by molar-refractivity contribution is 4.85. The molecule has 2 aliphatic rings. The van der Waals surface area contributed by atoms with Gasteiger partial charge in [0.05, 0.1) is 0 Å². The van der Waals surface area contributed by atoms with Gasteiger partial charge in [0.15, 0.2) is 0 Å². The van der Waals surface area contributed by atoms with E-state index in [2.05, 4.69) is 24.2 Å². The summed E-state index contributed by atoms with van der Waals surface area (Å²) in [5, 5.41) is 3.46. The van der Waals surface area contributed by atoms with Gasteiger partial charge in [-0.25, -0.2) is 0 Å². The van der Waals surface area contributed by atoms with E-state index in [0.29, 0.717) is 0 Å². The summed E-state index contributed by atoms with van der Waals surface area (Å²) in [6.07, 6.45) is 4.29. The number of piperidine rings is 1. The molecule has 0 bridgehead atoms. The predicted molar refractivity (Wildman–Crippen MR) is 55.8 cm³/mol. The molecule has 0 amide bonds. The highest BCUT2D eigenvalue weighted by Gasteiger charge is 2.29. The zero-order valence-electron chi connectivity index (χ0n) is 8.92. The molecule has 76 valence electrons. The van der Waals surface area contributed by atoms with Gasteiger partial charge in [0.1, 0.15) is 0 Å². The van der Waals surface area contributed by atoms with Crippen molar-refractivity contribution in [2.24, 2.45) is 11.8 Å². The Morgan fingerprint density at radius 2 is 2.08 bits per heavy atom. The minimum absolute atomic E-state index is 0.831. The summed E-state index contributed by atoms with van der Waals surface area (Å²) in [6, 6.07) is 0.835. The Morgan fingerprint density at radius 1 is 1.31 bits per heavy atom. The molecule has 13 heavy (non-hydrogen) atoms. The van der Waals surface area contributed by atoms with Crippen LogP contribution >= 0.6 is 0 Å². The average Bonchev–Trinajstić information content (AvgIpc) is 2.89. The van der Waals surface area contributed by atoms with Crippen molar-refractivity contribution >= 4 is 0 Å². The van der Waals surface area contributed by atoms with Crippen molar-refractivity contribution in [2.45, 2.75) is 32.2 Å². The van der Waals surface area contributed by atoms with E-state index < -0.39 is 0 Å². The topological polar surface area (TPSA) is 15.3 Å². The molecule has 0 aromatic rings. The molecule has 0 aromatic carbocycles. The smallest absolute Gasteiger partial charge is 0.0142 e. The van der Waals surface area contributed by atoms with Gasteiger partial charge in [-0.2, -0.15) is 0 Å². The zero-order chi connectivity index (χ0) is 9.26. The summed E-state index contributed by atoms with van der Waals surface area (Å²) < 4.78 is 0. The van der Waals surface area contributed by atoms with Crippen LogP contribution in [0.2, 0.25) is 0 Å². The van der Waals surface area contributed by atoms with Gasteiger partial charge in [-0.1, -0.05) is 6.92 Å². The van der Waals surface area contributed by atoms with Crippen LogP contribution in [-0.2, 0) is 0 Å². The van der Waals surface area contributed by atoms with Crippen molar-refractivity contribution in [3.8, 4) is 0 Å². The molecule has 2 fully saturated rings. The minimum atomic E-state index is 0.831. The van der Waals surface area contributed by atoms with Crippen LogP contribution in [0, 0.1) is 11.8 Å². The van der Waals surface area contributed by atoms with E-state index in [1.54, 1.807) is 0 Å². The van der Waals surface area contributed by atoms with Crippen molar-refractivity contribution in [3.63, 3.8) is 0 Å². The number of hydrogen-bond donors (Lipinski definition) is 1. The van der Waals surface area contributed by atoms with Crippen LogP contribution in [0.3, 0.4) is 0 Å². The second-order valence-electron chi connectivity index (χ2n) is 4.92. The highest BCUT2D eigenvalue weighted by Crippen LogP contribution is 2.31. The summed E-state index contributed by atoms with van der Waals surface area (Å²) in [5.41, 5.74) is 0. The molecule has 1 aliphatic heterocycles. The zero-order valence-corrected chi connectivity index (χ0v) is 8.92. The molecule has 2 unspecified atom stereocenters. The number of rotatable bonds is 3. The Bertz CT molecular complexity index is 165. The third-order valence-corrected chi connectivity index (χ3v) is 3.55. The molecule has 1 saturated heterocycles. The summed E-state index contributed by atoms with van der Waals surface area (Å²) in [4.78, 5) is 2.60. The molecule has 1 aliphatic carbocycles. The Labute approximate surface area is 81.7 Å². The van der Waals surface area contributed by atoms with Crippen molar-refractivity contribution in [1.82, 2.24) is 10.2 Å². The SMILES string of the molecule is CC1CNCCC1N(C)CC1CC1. The Balaban J connectivity index is 1.81. The first kappa shape index (κ1) is 9.47. The monoisotopic (exact) mass is 182 g/mol. The Hall–Kier alpha value is -0.0800. The van der Waals surface area contributed by atoms with Crippen LogP contribution in [0.15, 0.2) is 0 Å². The second-order valence-corrected chi connectivity index (χ2v) is 4.92. The van der Waals surface area contributed by atoms with Gasteiger partial charge in [-0.05, 0) is 51.2 Å². The van der Waals surface area contributed by atoms with Gasteiger partial charge in [-0.15, -0.1) is 0 Å². The normalized spacial score (nSPS) is 35.3. The van der Waals surface area contributed by atoms with E-state index in [-0.39, 0.29) is 0 Å². The molecule has 2 atom stereocenters. The molecule has 0 spiro atoms. The third kappa shape index (κ3) is 2.44. The van der Waals surface area contributed by atoms with E-state index in [1.165, 1.54) is 38.9 Å². The number of nitrogens with zero attached hydrogens (tertiary/aromatic N) is 1. The van der Waals surface area contributed by atoms with Crippen LogP contribution in [0.5, 0.6) is 0 Å². The molecule has 1 heterocycles. The van der Waals surface area contributed by atoms with Crippen LogP contribution in [0.25, 0.3) is 0 Å². The van der Waals surface area contributed by atoms with Crippen molar-refractivity contribution in [2.75, 3.05) is 26.7 Å². The predicted octanol–water partition coefficient (Wildman–Crippen LogP) is 1.33. The van der Waals surface area contributed by atoms with Crippen LogP contribution < -0.4 is 5.32 Å². The van der Waals surface area contributed by atoms with Gasteiger partial charge in [-0.3, -0.25) is 0 Å². The van der Waals surface area contributed by atoms with E-state index in [1.807, 2.05) is 0 Å². The lowest BCUT2D eigenvalue weighted by atomic mass is 9.94. The van der Waals surface area contributed by atoms with Gasteiger partial charge in [0.25, 0.3) is 0 Å². The molecule has 0 radical (unpaired) electrons. The van der Waals surface area contributed by atoms with Gasteiger partial charge < -0.3 is 10.2 Å². The maximum atomic E-state index is 3.46. The maximum Gasteiger partial charge on any atom is 0.0142 e. The first-order valence-corrected chi connectivity index (χ1v) is 5.68. The number of hydrogen-bond acceptors (Lipinski definition) is 2. The summed E-state index contributed by atoms with van der Waals surface area (Å²) >= 11 is 0. The van der Waals surface area contributed by atoms with Gasteiger partial charge in [0.2, 0.25) is 0 Å². The lowest BCUT2D eigenvalue weighted by Gasteiger charge is -2.36. The van der Waals surface area contributed by atoms with Crippen molar-refractivity contribution in [3.05, 3.63) is 0 Å². The lowest BCUT2D eigenvalue weighted by Crippen LogP contribution is -2.47. The van der Waals surface area contributed by atoms with Crippen molar-refractivity contribution in [1.29, 1.82) is 0 Å². The van der Waals surface area contributed by atoms with Crippen molar-refractivity contribution < 1.29 is 0 Å². The summed E-state index contributed by atoms with van der Waals surface area (Å²) in [7, 11) is 2.31. The minimum Gasteiger partial charge on any atom is -0.316 e. The third-order valence-electron chi connectivity index (χ3n) is 3.55. The number of nitrogens with one attached hydrogen (secondary N) is 1. The fraction of sp³-hybridized carbons (Fsp3) is 1.00. The largest absolute Gasteiger partial charge is 0.316 e. The standard InChI is InChI=1S/C11H22N2/c1-9-7-12-6-5-11(9)13(2)8-10-3-4-10/h9-12H,3-8H2,1-2H3. The average molecular weight is 182 g/mol. The van der Waals surface area contributed by atoms with Crippen LogP contribution in [0.1, 0.15) is 26.2 Å². The molecule has 2 heteroatoms. The van der Waals surface area contributed by atoms with E-state index in [9.17, 15) is 0 Å². The van der Waals surface area contributed by atoms with Crippen LogP contribution in [-0.4, -0.2) is 37.6 Å². The van der Waals surface area contributed by atoms with Gasteiger partial charge in [0, 0.05) is 12.6 Å². The van der Waals surface area contributed by atoms with E-state index in [4.69, 9.17) is 0 Å². The second kappa shape index (κ2) is 3.97. The van der Waals surface area contributed by atoms with Gasteiger partial charge >= 0.3 is 0 Å². The summed E-state index contributed by atoms with van der Waals surface area (Å²) in [6.45, 7) is 6.14. The van der Waals surface area contributed by atoms with Crippen LogP contribution in [0.4, 0.5) is 0 Å². The quantitative estimate of drug-likeness (QED) is 0.708. The molecular weight excluding hydrogens is 160 g/mol. The highest BCUT2D eigenvalue weighted by atomic mass is 15.1. The fourth-order valence-corrected chi connectivity index (χ4v) is 2.50. The molecular formula is C11H22N2.